The van der Waals surface area contributed by atoms with Crippen LogP contribution in [0.3, 0.4) is 0 Å². The molecule has 4 heteroatoms. The average molecular weight is 453 g/mol. The molecule has 0 radical (unpaired) electrons. The lowest BCUT2D eigenvalue weighted by Crippen LogP contribution is -2.38. The number of hydrogen-bond acceptors (Lipinski definition) is 4. The SMILES string of the molecule is CC(C)(C1CCC(O)CC1)C1CCC(O)CC1.OC1CCC(CC2CCC(O)CC2)CC1. The number of hydrogen-bond donors (Lipinski definition) is 4. The second kappa shape index (κ2) is 12.5. The van der Waals surface area contributed by atoms with Gasteiger partial charge in [0.1, 0.15) is 0 Å². The quantitative estimate of drug-likeness (QED) is 0.448. The van der Waals surface area contributed by atoms with Crippen molar-refractivity contribution in [1.29, 1.82) is 0 Å². The second-order valence-electron chi connectivity index (χ2n) is 12.4. The van der Waals surface area contributed by atoms with Gasteiger partial charge in [-0.2, -0.15) is 0 Å². The van der Waals surface area contributed by atoms with Crippen molar-refractivity contribution < 1.29 is 20.4 Å². The molecule has 0 unspecified atom stereocenters. The van der Waals surface area contributed by atoms with E-state index in [0.29, 0.717) is 5.41 Å². The Morgan fingerprint density at radius 3 is 0.969 bits per heavy atom. The molecule has 4 nitrogen and oxygen atoms in total. The smallest absolute Gasteiger partial charge is 0.0540 e. The van der Waals surface area contributed by atoms with Crippen molar-refractivity contribution in [2.45, 2.75) is 147 Å². The van der Waals surface area contributed by atoms with Gasteiger partial charge in [-0.1, -0.05) is 13.8 Å². The molecule has 4 fully saturated rings. The lowest BCUT2D eigenvalue weighted by molar-refractivity contribution is 0.00233. The number of aliphatic hydroxyl groups is 4. The van der Waals surface area contributed by atoms with Crippen molar-refractivity contribution in [3.8, 4) is 0 Å². The molecule has 0 aliphatic heterocycles. The minimum Gasteiger partial charge on any atom is -0.393 e. The van der Waals surface area contributed by atoms with Crippen LogP contribution in [-0.4, -0.2) is 44.8 Å². The van der Waals surface area contributed by atoms with Crippen molar-refractivity contribution in [2.75, 3.05) is 0 Å². The summed E-state index contributed by atoms with van der Waals surface area (Å²) in [6, 6.07) is 0. The Morgan fingerprint density at radius 1 is 0.438 bits per heavy atom. The highest BCUT2D eigenvalue weighted by atomic mass is 16.3. The van der Waals surface area contributed by atoms with Crippen LogP contribution in [0.4, 0.5) is 0 Å². The molecule has 0 aromatic carbocycles. The third kappa shape index (κ3) is 7.96. The normalized spacial score (nSPS) is 41.4. The first kappa shape index (κ1) is 26.4. The Labute approximate surface area is 197 Å². The molecule has 0 atom stereocenters. The zero-order valence-electron chi connectivity index (χ0n) is 20.9. The van der Waals surface area contributed by atoms with Crippen LogP contribution in [0.2, 0.25) is 0 Å². The van der Waals surface area contributed by atoms with Crippen LogP contribution < -0.4 is 0 Å². The summed E-state index contributed by atoms with van der Waals surface area (Å²) >= 11 is 0. The van der Waals surface area contributed by atoms with Gasteiger partial charge in [0.15, 0.2) is 0 Å². The molecular weight excluding hydrogens is 400 g/mol. The van der Waals surface area contributed by atoms with E-state index in [1.807, 2.05) is 0 Å². The fourth-order valence-electron chi connectivity index (χ4n) is 7.21. The summed E-state index contributed by atoms with van der Waals surface area (Å²) in [5, 5.41) is 38.1. The molecule has 0 aromatic heterocycles. The highest BCUT2D eigenvalue weighted by Crippen LogP contribution is 2.48. The zero-order valence-corrected chi connectivity index (χ0v) is 20.9. The van der Waals surface area contributed by atoms with Crippen LogP contribution in [0.5, 0.6) is 0 Å². The summed E-state index contributed by atoms with van der Waals surface area (Å²) in [5.41, 5.74) is 0.389. The Hall–Kier alpha value is -0.160. The van der Waals surface area contributed by atoms with Crippen LogP contribution in [0.15, 0.2) is 0 Å². The van der Waals surface area contributed by atoms with Crippen LogP contribution >= 0.6 is 0 Å². The molecule has 4 saturated carbocycles. The topological polar surface area (TPSA) is 80.9 Å². The Bertz CT molecular complexity index is 460. The van der Waals surface area contributed by atoms with E-state index in [-0.39, 0.29) is 24.4 Å². The van der Waals surface area contributed by atoms with Gasteiger partial charge in [-0.05, 0) is 138 Å². The number of rotatable bonds is 4. The molecule has 4 N–H and O–H groups in total. The molecule has 4 rings (SSSR count). The lowest BCUT2D eigenvalue weighted by atomic mass is 9.60. The Kier molecular flexibility index (Phi) is 10.3. The molecule has 0 spiro atoms. The molecule has 0 aromatic rings. The molecule has 0 bridgehead atoms. The Morgan fingerprint density at radius 2 is 0.688 bits per heavy atom. The van der Waals surface area contributed by atoms with Gasteiger partial charge in [-0.3, -0.25) is 0 Å². The minimum absolute atomic E-state index is 0.0190. The van der Waals surface area contributed by atoms with E-state index < -0.39 is 0 Å². The van der Waals surface area contributed by atoms with Crippen molar-refractivity contribution in [2.24, 2.45) is 29.1 Å². The van der Waals surface area contributed by atoms with Crippen LogP contribution in [0, 0.1) is 29.1 Å². The number of aliphatic hydroxyl groups excluding tert-OH is 4. The first-order chi connectivity index (χ1) is 15.2. The van der Waals surface area contributed by atoms with E-state index in [0.717, 1.165) is 75.0 Å². The summed E-state index contributed by atoms with van der Waals surface area (Å²) in [4.78, 5) is 0. The summed E-state index contributed by atoms with van der Waals surface area (Å²) in [5.74, 6) is 3.25. The van der Waals surface area contributed by atoms with E-state index in [4.69, 9.17) is 0 Å². The van der Waals surface area contributed by atoms with E-state index >= 15 is 0 Å². The molecule has 4 aliphatic rings. The van der Waals surface area contributed by atoms with Gasteiger partial charge in [0.05, 0.1) is 24.4 Å². The molecule has 4 aliphatic carbocycles. The average Bonchev–Trinajstić information content (AvgIpc) is 2.78. The molecule has 188 valence electrons. The van der Waals surface area contributed by atoms with Crippen LogP contribution in [0.1, 0.15) is 123 Å². The predicted octanol–water partition coefficient (Wildman–Crippen LogP) is 5.59. The summed E-state index contributed by atoms with van der Waals surface area (Å²) in [6.07, 6.45) is 18.9. The fraction of sp³-hybridized carbons (Fsp3) is 1.00. The van der Waals surface area contributed by atoms with Crippen molar-refractivity contribution in [1.82, 2.24) is 0 Å². The first-order valence-corrected chi connectivity index (χ1v) is 14.0. The molecular formula is C28H52O4. The summed E-state index contributed by atoms with van der Waals surface area (Å²) in [7, 11) is 0. The maximum Gasteiger partial charge on any atom is 0.0540 e. The monoisotopic (exact) mass is 452 g/mol. The lowest BCUT2D eigenvalue weighted by Gasteiger charge is -2.46. The maximum atomic E-state index is 9.60. The standard InChI is InChI=1S/C15H28O2.C13H24O2/c1-15(2,11-3-7-13(16)8-4-11)12-5-9-14(17)10-6-12;14-12-5-1-10(2-6-12)9-11-3-7-13(15)8-4-11/h11-14,16-17H,3-10H2,1-2H3;10-15H,1-9H2. The molecule has 0 amide bonds. The molecule has 32 heavy (non-hydrogen) atoms. The van der Waals surface area contributed by atoms with Gasteiger partial charge in [0, 0.05) is 0 Å². The van der Waals surface area contributed by atoms with E-state index in [1.165, 1.54) is 57.8 Å². The van der Waals surface area contributed by atoms with Gasteiger partial charge in [0.25, 0.3) is 0 Å². The largest absolute Gasteiger partial charge is 0.393 e. The van der Waals surface area contributed by atoms with E-state index in [1.54, 1.807) is 0 Å². The third-order valence-electron chi connectivity index (χ3n) is 9.80. The third-order valence-corrected chi connectivity index (χ3v) is 9.80. The minimum atomic E-state index is -0.0461. The maximum absolute atomic E-state index is 9.60. The van der Waals surface area contributed by atoms with E-state index in [9.17, 15) is 20.4 Å². The highest BCUT2D eigenvalue weighted by molar-refractivity contribution is 4.90. The summed E-state index contributed by atoms with van der Waals surface area (Å²) in [6.45, 7) is 4.83. The van der Waals surface area contributed by atoms with Crippen molar-refractivity contribution in [3.05, 3.63) is 0 Å². The first-order valence-electron chi connectivity index (χ1n) is 14.0. The van der Waals surface area contributed by atoms with Crippen molar-refractivity contribution >= 4 is 0 Å². The molecule has 0 saturated heterocycles. The van der Waals surface area contributed by atoms with Gasteiger partial charge in [-0.25, -0.2) is 0 Å². The van der Waals surface area contributed by atoms with Gasteiger partial charge >= 0.3 is 0 Å². The van der Waals surface area contributed by atoms with Crippen LogP contribution in [0.25, 0.3) is 0 Å². The van der Waals surface area contributed by atoms with Gasteiger partial charge in [0.2, 0.25) is 0 Å². The highest BCUT2D eigenvalue weighted by Gasteiger charge is 2.40. The van der Waals surface area contributed by atoms with Crippen LogP contribution in [-0.2, 0) is 0 Å². The second-order valence-corrected chi connectivity index (χ2v) is 12.4. The fourth-order valence-corrected chi connectivity index (χ4v) is 7.21. The summed E-state index contributed by atoms with van der Waals surface area (Å²) < 4.78 is 0. The van der Waals surface area contributed by atoms with Crippen molar-refractivity contribution in [3.63, 3.8) is 0 Å². The molecule has 0 heterocycles. The Balaban J connectivity index is 0.000000182. The van der Waals surface area contributed by atoms with E-state index in [2.05, 4.69) is 13.8 Å². The predicted molar refractivity (Wildman–Crippen MR) is 130 cm³/mol. The zero-order chi connectivity index (χ0) is 23.1. The van der Waals surface area contributed by atoms with Gasteiger partial charge < -0.3 is 20.4 Å². The van der Waals surface area contributed by atoms with Gasteiger partial charge in [-0.15, -0.1) is 0 Å².